The Morgan fingerprint density at radius 1 is 1.12 bits per heavy atom. The number of nitrogens with zero attached hydrogens (tertiary/aromatic N) is 5. The molecule has 204 valence electrons. The molecule has 1 fully saturated rings. The first kappa shape index (κ1) is 25.6. The van der Waals surface area contributed by atoms with Gasteiger partial charge in [0.05, 0.1) is 23.8 Å². The van der Waals surface area contributed by atoms with E-state index in [1.54, 1.807) is 11.8 Å². The fourth-order valence-electron chi connectivity index (χ4n) is 5.36. The fraction of sp³-hybridized carbons (Fsp3) is 0.250. The molecule has 0 saturated carbocycles. The minimum atomic E-state index is -0.735. The van der Waals surface area contributed by atoms with Gasteiger partial charge in [-0.1, -0.05) is 29.4 Å². The monoisotopic (exact) mass is 545 g/mol. The van der Waals surface area contributed by atoms with Gasteiger partial charge in [0.25, 0.3) is 5.91 Å². The Morgan fingerprint density at radius 3 is 2.70 bits per heavy atom. The van der Waals surface area contributed by atoms with Crippen LogP contribution in [0.4, 0.5) is 20.4 Å². The number of ketones is 1. The van der Waals surface area contributed by atoms with E-state index in [0.717, 1.165) is 25.0 Å². The average molecular weight is 546 g/mol. The summed E-state index contributed by atoms with van der Waals surface area (Å²) in [5.74, 6) is -0.725. The highest BCUT2D eigenvalue weighted by Gasteiger charge is 2.40. The Labute approximate surface area is 227 Å². The largest absolute Gasteiger partial charge is 0.383 e. The molecular weight excluding hydrogens is 520 g/mol. The lowest BCUT2D eigenvalue weighted by Crippen LogP contribution is -2.53. The first-order valence-electron chi connectivity index (χ1n) is 12.8. The molecule has 2 aromatic carbocycles. The van der Waals surface area contributed by atoms with E-state index in [9.17, 15) is 14.0 Å². The highest BCUT2D eigenvalue weighted by molar-refractivity contribution is 6.09. The standard InChI is InChI=1S/C28H25F2N7O3/c1-15-21(12-34-40-15)28(39)36-9-3-6-19(13-36)37-27-23(26(31)32-14-33-27)24(35-37)20-8-7-17(11-22(20)30)25(38)16-4-2-5-18(29)10-16/h2,4-5,7-8,10-12,14,19,24,35H,3,6,9,13H2,1H3,(H2,31,32,33). The van der Waals surface area contributed by atoms with Crippen molar-refractivity contribution in [3.05, 3.63) is 100 Å². The number of carbonyl (C=O) groups is 2. The Kier molecular flexibility index (Phi) is 6.46. The van der Waals surface area contributed by atoms with E-state index in [1.807, 2.05) is 5.01 Å². The number of likely N-dealkylation sites (tertiary alicyclic amines) is 1. The van der Waals surface area contributed by atoms with E-state index in [-0.39, 0.29) is 34.5 Å². The molecule has 2 aliphatic rings. The number of aryl methyl sites for hydroxylation is 1. The predicted molar refractivity (Wildman–Crippen MR) is 140 cm³/mol. The highest BCUT2D eigenvalue weighted by Crippen LogP contribution is 2.41. The maximum absolute atomic E-state index is 15.6. The average Bonchev–Trinajstić information content (AvgIpc) is 3.57. The molecule has 40 heavy (non-hydrogen) atoms. The van der Waals surface area contributed by atoms with Crippen LogP contribution in [0.5, 0.6) is 0 Å². The zero-order chi connectivity index (χ0) is 28.0. The summed E-state index contributed by atoms with van der Waals surface area (Å²) in [4.78, 5) is 36.3. The summed E-state index contributed by atoms with van der Waals surface area (Å²) in [5, 5.41) is 5.54. The first-order chi connectivity index (χ1) is 19.3. The summed E-state index contributed by atoms with van der Waals surface area (Å²) < 4.78 is 34.3. The molecule has 0 spiro atoms. The van der Waals surface area contributed by atoms with Crippen molar-refractivity contribution >= 4 is 23.3 Å². The van der Waals surface area contributed by atoms with E-state index in [2.05, 4.69) is 20.6 Å². The van der Waals surface area contributed by atoms with Gasteiger partial charge in [-0.25, -0.2) is 24.2 Å². The van der Waals surface area contributed by atoms with Gasteiger partial charge >= 0.3 is 0 Å². The van der Waals surface area contributed by atoms with Gasteiger partial charge < -0.3 is 15.2 Å². The number of piperidine rings is 1. The lowest BCUT2D eigenvalue weighted by molar-refractivity contribution is 0.0700. The van der Waals surface area contributed by atoms with E-state index in [0.29, 0.717) is 35.8 Å². The van der Waals surface area contributed by atoms with Crippen LogP contribution in [0, 0.1) is 18.6 Å². The summed E-state index contributed by atoms with van der Waals surface area (Å²) in [6, 6.07) is 8.47. The second-order valence-electron chi connectivity index (χ2n) is 9.85. The minimum absolute atomic E-state index is 0.0877. The van der Waals surface area contributed by atoms with Crippen LogP contribution >= 0.6 is 0 Å². The summed E-state index contributed by atoms with van der Waals surface area (Å²) >= 11 is 0. The zero-order valence-corrected chi connectivity index (χ0v) is 21.5. The van der Waals surface area contributed by atoms with Crippen molar-refractivity contribution in [2.75, 3.05) is 23.8 Å². The maximum atomic E-state index is 15.6. The van der Waals surface area contributed by atoms with Crippen molar-refractivity contribution in [2.24, 2.45) is 0 Å². The second-order valence-corrected chi connectivity index (χ2v) is 9.85. The van der Waals surface area contributed by atoms with Crippen LogP contribution in [0.2, 0.25) is 0 Å². The normalized spacial score (nSPS) is 18.6. The number of fused-ring (bicyclic) bond motifs is 1. The number of halogens is 2. The molecule has 0 radical (unpaired) electrons. The molecule has 10 nitrogen and oxygen atoms in total. The third kappa shape index (κ3) is 4.45. The number of hydrogen-bond donors (Lipinski definition) is 2. The van der Waals surface area contributed by atoms with Gasteiger partial charge in [-0.15, -0.1) is 0 Å². The molecule has 0 aliphatic carbocycles. The molecule has 1 amide bonds. The Balaban J connectivity index is 1.28. The Hall–Kier alpha value is -4.71. The Bertz CT molecular complexity index is 1630. The number of carbonyl (C=O) groups excluding carboxylic acids is 2. The number of nitrogens with one attached hydrogen (secondary N) is 1. The molecule has 0 bridgehead atoms. The predicted octanol–water partition coefficient (Wildman–Crippen LogP) is 3.58. The molecule has 1 saturated heterocycles. The molecule has 2 aliphatic heterocycles. The van der Waals surface area contributed by atoms with E-state index in [4.69, 9.17) is 10.3 Å². The Morgan fingerprint density at radius 2 is 1.95 bits per heavy atom. The van der Waals surface area contributed by atoms with Crippen LogP contribution in [-0.4, -0.2) is 50.8 Å². The van der Waals surface area contributed by atoms with Crippen molar-refractivity contribution in [3.8, 4) is 0 Å². The van der Waals surface area contributed by atoms with Gasteiger partial charge in [0.15, 0.2) is 11.6 Å². The molecule has 6 rings (SSSR count). The molecule has 2 unspecified atom stereocenters. The van der Waals surface area contributed by atoms with Crippen LogP contribution in [0.3, 0.4) is 0 Å². The van der Waals surface area contributed by atoms with Crippen LogP contribution in [0.15, 0.2) is 59.5 Å². The third-order valence-corrected chi connectivity index (χ3v) is 7.37. The van der Waals surface area contributed by atoms with Gasteiger partial charge in [-0.05, 0) is 38.0 Å². The maximum Gasteiger partial charge on any atom is 0.259 e. The van der Waals surface area contributed by atoms with E-state index >= 15 is 4.39 Å². The molecule has 4 aromatic rings. The van der Waals surface area contributed by atoms with Gasteiger partial charge in [0, 0.05) is 29.8 Å². The number of anilines is 2. The summed E-state index contributed by atoms with van der Waals surface area (Å²) in [7, 11) is 0. The summed E-state index contributed by atoms with van der Waals surface area (Å²) in [6.07, 6.45) is 4.25. The first-order valence-corrected chi connectivity index (χ1v) is 12.8. The van der Waals surface area contributed by atoms with Crippen molar-refractivity contribution < 1.29 is 22.9 Å². The van der Waals surface area contributed by atoms with Crippen LogP contribution in [0.1, 0.15) is 62.1 Å². The lowest BCUT2D eigenvalue weighted by Gasteiger charge is -2.38. The summed E-state index contributed by atoms with van der Waals surface area (Å²) in [5.41, 5.74) is 10.9. The number of nitrogens with two attached hydrogens (primary N) is 1. The molecule has 12 heteroatoms. The molecule has 2 atom stereocenters. The fourth-order valence-corrected chi connectivity index (χ4v) is 5.36. The van der Waals surface area contributed by atoms with Gasteiger partial charge in [-0.3, -0.25) is 14.6 Å². The topological polar surface area (TPSA) is 130 Å². The quantitative estimate of drug-likeness (QED) is 0.361. The number of aromatic nitrogens is 3. The van der Waals surface area contributed by atoms with Crippen molar-refractivity contribution in [3.63, 3.8) is 0 Å². The molecule has 2 aromatic heterocycles. The van der Waals surface area contributed by atoms with Crippen molar-refractivity contribution in [1.82, 2.24) is 25.5 Å². The van der Waals surface area contributed by atoms with Gasteiger partial charge in [0.1, 0.15) is 35.1 Å². The number of hydrogen-bond acceptors (Lipinski definition) is 9. The number of benzene rings is 2. The number of amides is 1. The molecule has 4 heterocycles. The van der Waals surface area contributed by atoms with Gasteiger partial charge in [0.2, 0.25) is 0 Å². The minimum Gasteiger partial charge on any atom is -0.383 e. The van der Waals surface area contributed by atoms with Crippen molar-refractivity contribution in [2.45, 2.75) is 31.8 Å². The third-order valence-electron chi connectivity index (χ3n) is 7.37. The second kappa shape index (κ2) is 10.1. The van der Waals surface area contributed by atoms with Crippen LogP contribution in [0.25, 0.3) is 0 Å². The smallest absolute Gasteiger partial charge is 0.259 e. The molecule has 3 N–H and O–H groups in total. The highest BCUT2D eigenvalue weighted by atomic mass is 19.1. The number of rotatable bonds is 5. The SMILES string of the molecule is Cc1oncc1C(=O)N1CCCC(N2NC(c3ccc(C(=O)c4cccc(F)c4)cc3F)c3c(N)ncnc32)C1. The van der Waals surface area contributed by atoms with Crippen molar-refractivity contribution in [1.29, 1.82) is 0 Å². The van der Waals surface area contributed by atoms with Crippen LogP contribution < -0.4 is 16.2 Å². The van der Waals surface area contributed by atoms with Crippen LogP contribution in [-0.2, 0) is 0 Å². The summed E-state index contributed by atoms with van der Waals surface area (Å²) in [6.45, 7) is 2.65. The van der Waals surface area contributed by atoms with E-state index in [1.165, 1.54) is 42.9 Å². The number of hydrazine groups is 1. The lowest BCUT2D eigenvalue weighted by atomic mass is 9.96. The molecular formula is C28H25F2N7O3. The zero-order valence-electron chi connectivity index (χ0n) is 21.5. The van der Waals surface area contributed by atoms with Gasteiger partial charge in [-0.2, -0.15) is 0 Å². The van der Waals surface area contributed by atoms with E-state index < -0.39 is 23.5 Å². The number of nitrogen functional groups attached to an aromatic ring is 1.